The van der Waals surface area contributed by atoms with Crippen LogP contribution in [0.5, 0.6) is 0 Å². The summed E-state index contributed by atoms with van der Waals surface area (Å²) in [5.74, 6) is 0.162. The van der Waals surface area contributed by atoms with Crippen LogP contribution in [0.3, 0.4) is 0 Å². The monoisotopic (exact) mass is 403 g/mol. The molecule has 4 rings (SSSR count). The third-order valence-electron chi connectivity index (χ3n) is 9.86. The first-order chi connectivity index (χ1) is 13.6. The van der Waals surface area contributed by atoms with Crippen LogP contribution in [0.1, 0.15) is 78.6 Å². The van der Waals surface area contributed by atoms with E-state index in [1.165, 1.54) is 0 Å². The molecule has 0 unspecified atom stereocenters. The number of aliphatic hydroxyl groups is 1. The summed E-state index contributed by atoms with van der Waals surface area (Å²) in [6, 6.07) is 0. The van der Waals surface area contributed by atoms with Gasteiger partial charge in [-0.1, -0.05) is 20.8 Å². The zero-order valence-corrected chi connectivity index (χ0v) is 18.0. The van der Waals surface area contributed by atoms with Crippen LogP contribution in [0.15, 0.2) is 0 Å². The van der Waals surface area contributed by atoms with Crippen molar-refractivity contribution in [3.05, 3.63) is 0 Å². The molecule has 1 N–H and O–H groups in total. The predicted octanol–water partition coefficient (Wildman–Crippen LogP) is 2.53. The van der Waals surface area contributed by atoms with Crippen molar-refractivity contribution < 1.29 is 24.6 Å². The zero-order chi connectivity index (χ0) is 21.1. The first kappa shape index (κ1) is 21.0. The fourth-order valence-corrected chi connectivity index (χ4v) is 8.12. The van der Waals surface area contributed by atoms with Gasteiger partial charge in [-0.05, 0) is 80.0 Å². The number of carbonyl (C=O) groups excluding carboxylic acids is 3. The summed E-state index contributed by atoms with van der Waals surface area (Å²) in [5.41, 5.74) is -0.549. The van der Waals surface area contributed by atoms with Crippen LogP contribution in [-0.2, 0) is 14.4 Å². The Morgan fingerprint density at radius 1 is 1.17 bits per heavy atom. The summed E-state index contributed by atoms with van der Waals surface area (Å²) in [7, 11) is 0. The Morgan fingerprint density at radius 3 is 2.59 bits per heavy atom. The van der Waals surface area contributed by atoms with Gasteiger partial charge in [0.1, 0.15) is 11.6 Å². The third kappa shape index (κ3) is 3.10. The molecule has 0 radical (unpaired) electrons. The summed E-state index contributed by atoms with van der Waals surface area (Å²) in [6.45, 7) is 6.39. The molecule has 5 nitrogen and oxygen atoms in total. The van der Waals surface area contributed by atoms with Crippen molar-refractivity contribution in [2.45, 2.75) is 84.7 Å². The minimum atomic E-state index is -1.03. The molecule has 0 aromatic rings. The molecule has 0 spiro atoms. The van der Waals surface area contributed by atoms with Gasteiger partial charge in [-0.25, -0.2) is 0 Å². The Kier molecular flexibility index (Phi) is 5.20. The first-order valence-corrected chi connectivity index (χ1v) is 11.5. The van der Waals surface area contributed by atoms with Gasteiger partial charge in [-0.15, -0.1) is 0 Å². The van der Waals surface area contributed by atoms with Crippen LogP contribution in [0.4, 0.5) is 0 Å². The maximum absolute atomic E-state index is 13.6. The maximum Gasteiger partial charge on any atom is 0.139 e. The summed E-state index contributed by atoms with van der Waals surface area (Å²) in [6.07, 6.45) is 5.39. The Hall–Kier alpha value is -1.23. The largest absolute Gasteiger partial charge is 0.550 e. The highest BCUT2D eigenvalue weighted by Crippen LogP contribution is 2.66. The molecule has 0 bridgehead atoms. The minimum Gasteiger partial charge on any atom is -0.550 e. The van der Waals surface area contributed by atoms with Gasteiger partial charge in [-0.3, -0.25) is 9.59 Å². The van der Waals surface area contributed by atoms with Gasteiger partial charge in [0.2, 0.25) is 0 Å². The van der Waals surface area contributed by atoms with E-state index in [0.29, 0.717) is 31.5 Å². The van der Waals surface area contributed by atoms with E-state index in [2.05, 4.69) is 20.8 Å². The number of carbonyl (C=O) groups is 3. The van der Waals surface area contributed by atoms with Crippen LogP contribution in [0.2, 0.25) is 0 Å². The average molecular weight is 404 g/mol. The summed E-state index contributed by atoms with van der Waals surface area (Å²) >= 11 is 0. The molecule has 29 heavy (non-hydrogen) atoms. The van der Waals surface area contributed by atoms with E-state index in [4.69, 9.17) is 0 Å². The molecule has 162 valence electrons. The maximum atomic E-state index is 13.6. The molecule has 4 fully saturated rings. The molecule has 5 heteroatoms. The Balaban J connectivity index is 1.62. The molecule has 0 amide bonds. The smallest absolute Gasteiger partial charge is 0.139 e. The zero-order valence-electron chi connectivity index (χ0n) is 18.0. The number of hydrogen-bond acceptors (Lipinski definition) is 5. The van der Waals surface area contributed by atoms with Crippen LogP contribution < -0.4 is 5.11 Å². The quantitative estimate of drug-likeness (QED) is 0.778. The molecule has 4 aliphatic carbocycles. The van der Waals surface area contributed by atoms with Crippen molar-refractivity contribution >= 4 is 17.5 Å². The number of fused-ring (bicyclic) bond motifs is 5. The van der Waals surface area contributed by atoms with E-state index in [-0.39, 0.29) is 59.2 Å². The Morgan fingerprint density at radius 2 is 1.90 bits per heavy atom. The summed E-state index contributed by atoms with van der Waals surface area (Å²) < 4.78 is 0. The Bertz CT molecular complexity index is 716. The lowest BCUT2D eigenvalue weighted by molar-refractivity contribution is -0.306. The third-order valence-corrected chi connectivity index (χ3v) is 9.86. The number of carboxylic acids is 1. The van der Waals surface area contributed by atoms with Gasteiger partial charge in [-0.2, -0.15) is 0 Å². The highest BCUT2D eigenvalue weighted by Gasteiger charge is 2.66. The second-order valence-electron chi connectivity index (χ2n) is 11.0. The summed E-state index contributed by atoms with van der Waals surface area (Å²) in [4.78, 5) is 37.9. The van der Waals surface area contributed by atoms with Crippen molar-refractivity contribution in [2.24, 2.45) is 46.3 Å². The number of ketones is 2. The van der Waals surface area contributed by atoms with Gasteiger partial charge in [0, 0.05) is 30.1 Å². The number of hydrogen-bond donors (Lipinski definition) is 1. The lowest BCUT2D eigenvalue weighted by Crippen LogP contribution is -2.60. The molecule has 0 heterocycles. The topological polar surface area (TPSA) is 94.5 Å². The van der Waals surface area contributed by atoms with E-state index in [9.17, 15) is 24.6 Å². The molecule has 9 atom stereocenters. The van der Waals surface area contributed by atoms with Crippen molar-refractivity contribution in [1.29, 1.82) is 0 Å². The molecule has 0 aromatic carbocycles. The normalized spacial score (nSPS) is 47.9. The average Bonchev–Trinajstić information content (AvgIpc) is 3.01. The first-order valence-electron chi connectivity index (χ1n) is 11.5. The van der Waals surface area contributed by atoms with Crippen molar-refractivity contribution in [1.82, 2.24) is 0 Å². The second-order valence-corrected chi connectivity index (χ2v) is 11.0. The molecule has 0 saturated heterocycles. The minimum absolute atomic E-state index is 0.0274. The number of rotatable bonds is 4. The lowest BCUT2D eigenvalue weighted by Gasteiger charge is -2.59. The van der Waals surface area contributed by atoms with Crippen LogP contribution in [0.25, 0.3) is 0 Å². The standard InChI is InChI=1S/C24H36O5/c1-13(4-7-21(28)29)16-5-6-17-22-18(12-20(27)24(16,17)3)23(2)9-8-15(25)10-14(23)11-19(22)26/h13-18,22,25H,4-12H2,1-3H3,(H,28,29)/p-1/t13-,14+,15-,16-,17+,18+,22+,23+,24-/m1/s1. The van der Waals surface area contributed by atoms with Crippen LogP contribution >= 0.6 is 0 Å². The molecular formula is C24H35O5-. The van der Waals surface area contributed by atoms with E-state index >= 15 is 0 Å². The predicted molar refractivity (Wildman–Crippen MR) is 105 cm³/mol. The van der Waals surface area contributed by atoms with Crippen molar-refractivity contribution in [3.63, 3.8) is 0 Å². The van der Waals surface area contributed by atoms with Gasteiger partial charge in [0.05, 0.1) is 6.10 Å². The fourth-order valence-electron chi connectivity index (χ4n) is 8.12. The summed E-state index contributed by atoms with van der Waals surface area (Å²) in [5, 5.41) is 21.1. The number of Topliss-reactive ketones (excluding diaryl/α,β-unsaturated/α-hetero) is 2. The molecule has 0 aromatic heterocycles. The van der Waals surface area contributed by atoms with Gasteiger partial charge < -0.3 is 15.0 Å². The van der Waals surface area contributed by atoms with E-state index in [1.54, 1.807) is 0 Å². The molecule has 4 aliphatic rings. The lowest BCUT2D eigenvalue weighted by atomic mass is 9.43. The molecule has 4 saturated carbocycles. The number of aliphatic hydroxyl groups excluding tert-OH is 1. The Labute approximate surface area is 173 Å². The fraction of sp³-hybridized carbons (Fsp3) is 0.875. The van der Waals surface area contributed by atoms with E-state index in [1.807, 2.05) is 0 Å². The molecular weight excluding hydrogens is 368 g/mol. The van der Waals surface area contributed by atoms with Gasteiger partial charge in [0.25, 0.3) is 0 Å². The van der Waals surface area contributed by atoms with Crippen molar-refractivity contribution in [3.8, 4) is 0 Å². The number of aliphatic carboxylic acids is 1. The van der Waals surface area contributed by atoms with Crippen LogP contribution in [0, 0.1) is 46.3 Å². The highest BCUT2D eigenvalue weighted by atomic mass is 16.4. The second kappa shape index (κ2) is 7.18. The van der Waals surface area contributed by atoms with Gasteiger partial charge >= 0.3 is 0 Å². The highest BCUT2D eigenvalue weighted by molar-refractivity contribution is 5.92. The van der Waals surface area contributed by atoms with Crippen molar-refractivity contribution in [2.75, 3.05) is 0 Å². The van der Waals surface area contributed by atoms with Crippen LogP contribution in [-0.4, -0.2) is 28.7 Å². The van der Waals surface area contributed by atoms with E-state index in [0.717, 1.165) is 25.7 Å². The number of carboxylic acid groups (broad SMARTS) is 1. The molecule has 0 aliphatic heterocycles. The van der Waals surface area contributed by atoms with E-state index < -0.39 is 11.4 Å². The SMILES string of the molecule is C[C@H](CCC(=O)[O-])[C@H]1CC[C@H]2[C@@H]3C(=O)C[C@@H]4C[C@H](O)CC[C@]4(C)[C@H]3CC(=O)[C@]12C. The van der Waals surface area contributed by atoms with Gasteiger partial charge in [0.15, 0.2) is 0 Å².